The molecular formula is C20H13Cl3N4O3S. The van der Waals surface area contributed by atoms with Crippen LogP contribution in [0.5, 0.6) is 0 Å². The van der Waals surface area contributed by atoms with Gasteiger partial charge in [0.25, 0.3) is 5.91 Å². The van der Waals surface area contributed by atoms with Crippen LogP contribution in [-0.2, 0) is 9.84 Å². The van der Waals surface area contributed by atoms with Gasteiger partial charge in [0, 0.05) is 23.7 Å². The average molecular weight is 496 g/mol. The van der Waals surface area contributed by atoms with Crippen LogP contribution in [0.3, 0.4) is 0 Å². The summed E-state index contributed by atoms with van der Waals surface area (Å²) in [7, 11) is -3.44. The largest absolute Gasteiger partial charge is 0.322 e. The van der Waals surface area contributed by atoms with Gasteiger partial charge in [0.2, 0.25) is 0 Å². The normalized spacial score (nSPS) is 11.6. The Bertz CT molecular complexity index is 1450. The molecule has 0 spiro atoms. The first-order chi connectivity index (χ1) is 14.6. The number of rotatable bonds is 4. The Morgan fingerprint density at radius 3 is 2.45 bits per heavy atom. The number of aromatic nitrogens is 3. The monoisotopic (exact) mass is 494 g/mol. The number of amides is 1. The fraction of sp³-hybridized carbons (Fsp3) is 0.0500. The number of carbonyl (C=O) groups is 1. The van der Waals surface area contributed by atoms with Crippen LogP contribution in [0.25, 0.3) is 17.0 Å². The number of hydrogen-bond donors (Lipinski definition) is 1. The molecule has 1 N–H and O–H groups in total. The Balaban J connectivity index is 1.68. The van der Waals surface area contributed by atoms with Gasteiger partial charge < -0.3 is 5.32 Å². The van der Waals surface area contributed by atoms with E-state index in [9.17, 15) is 13.2 Å². The van der Waals surface area contributed by atoms with Crippen molar-refractivity contribution in [3.05, 3.63) is 75.4 Å². The highest BCUT2D eigenvalue weighted by atomic mass is 35.5. The quantitative estimate of drug-likeness (QED) is 0.429. The molecule has 0 aliphatic heterocycles. The smallest absolute Gasteiger partial charge is 0.257 e. The number of hydrogen-bond acceptors (Lipinski definition) is 5. The predicted octanol–water partition coefficient (Wildman–Crippen LogP) is 5.01. The minimum Gasteiger partial charge on any atom is -0.322 e. The first-order valence-electron chi connectivity index (χ1n) is 8.75. The Labute approximate surface area is 192 Å². The minimum absolute atomic E-state index is 0.0210. The maximum absolute atomic E-state index is 12.7. The molecule has 4 aromatic rings. The van der Waals surface area contributed by atoms with Gasteiger partial charge in [-0.05, 0) is 48.5 Å². The molecule has 11 heteroatoms. The Hall–Kier alpha value is -2.65. The SMILES string of the molecule is CS(=O)(=O)c1ccc(C(=O)Nc2ccc(Cl)c(-c3nnc4c(Cl)cccn34)c2)c(Cl)c1. The third-order valence-electron chi connectivity index (χ3n) is 4.47. The molecule has 158 valence electrons. The van der Waals surface area contributed by atoms with Crippen LogP contribution in [0, 0.1) is 0 Å². The molecular weight excluding hydrogens is 483 g/mol. The molecule has 2 aromatic carbocycles. The second-order valence-electron chi connectivity index (χ2n) is 6.64. The van der Waals surface area contributed by atoms with E-state index in [-0.39, 0.29) is 15.5 Å². The van der Waals surface area contributed by atoms with Gasteiger partial charge in [0.05, 0.1) is 25.5 Å². The summed E-state index contributed by atoms with van der Waals surface area (Å²) in [5, 5.41) is 11.8. The summed E-state index contributed by atoms with van der Waals surface area (Å²) in [5.41, 5.74) is 1.58. The number of nitrogens with one attached hydrogen (secondary N) is 1. The van der Waals surface area contributed by atoms with E-state index in [1.54, 1.807) is 40.9 Å². The van der Waals surface area contributed by atoms with Crippen molar-refractivity contribution in [2.24, 2.45) is 0 Å². The number of pyridine rings is 1. The molecule has 31 heavy (non-hydrogen) atoms. The summed E-state index contributed by atoms with van der Waals surface area (Å²) < 4.78 is 25.0. The summed E-state index contributed by atoms with van der Waals surface area (Å²) >= 11 is 18.7. The maximum atomic E-state index is 12.7. The van der Waals surface area contributed by atoms with Gasteiger partial charge in [0.1, 0.15) is 0 Å². The average Bonchev–Trinajstić information content (AvgIpc) is 3.14. The summed E-state index contributed by atoms with van der Waals surface area (Å²) in [4.78, 5) is 12.7. The zero-order valence-corrected chi connectivity index (χ0v) is 18.9. The number of halogens is 3. The molecule has 0 radical (unpaired) electrons. The summed E-state index contributed by atoms with van der Waals surface area (Å²) in [6, 6.07) is 12.3. The highest BCUT2D eigenvalue weighted by molar-refractivity contribution is 7.90. The minimum atomic E-state index is -3.44. The fourth-order valence-corrected chi connectivity index (χ4v) is 4.33. The van der Waals surface area contributed by atoms with Gasteiger partial charge >= 0.3 is 0 Å². The summed E-state index contributed by atoms with van der Waals surface area (Å²) in [5.74, 6) is -0.0541. The molecule has 0 atom stereocenters. The lowest BCUT2D eigenvalue weighted by Gasteiger charge is -2.10. The highest BCUT2D eigenvalue weighted by Crippen LogP contribution is 2.31. The maximum Gasteiger partial charge on any atom is 0.257 e. The molecule has 7 nitrogen and oxygen atoms in total. The van der Waals surface area contributed by atoms with Crippen molar-refractivity contribution >= 4 is 61.9 Å². The van der Waals surface area contributed by atoms with Crippen LogP contribution in [0.1, 0.15) is 10.4 Å². The van der Waals surface area contributed by atoms with E-state index in [4.69, 9.17) is 34.8 Å². The number of carbonyl (C=O) groups excluding carboxylic acids is 1. The second kappa shape index (κ2) is 8.12. The zero-order chi connectivity index (χ0) is 22.3. The van der Waals surface area contributed by atoms with Gasteiger partial charge in [-0.15, -0.1) is 10.2 Å². The van der Waals surface area contributed by atoms with E-state index >= 15 is 0 Å². The number of anilines is 1. The Kier molecular flexibility index (Phi) is 5.65. The van der Waals surface area contributed by atoms with Crippen molar-refractivity contribution in [1.82, 2.24) is 14.6 Å². The van der Waals surface area contributed by atoms with Crippen molar-refractivity contribution in [1.29, 1.82) is 0 Å². The van der Waals surface area contributed by atoms with Crippen molar-refractivity contribution in [2.75, 3.05) is 11.6 Å². The van der Waals surface area contributed by atoms with E-state index in [1.807, 2.05) is 0 Å². The van der Waals surface area contributed by atoms with Crippen molar-refractivity contribution < 1.29 is 13.2 Å². The van der Waals surface area contributed by atoms with Crippen LogP contribution in [-0.4, -0.2) is 35.2 Å². The van der Waals surface area contributed by atoms with Crippen molar-refractivity contribution in [3.8, 4) is 11.4 Å². The number of fused-ring (bicyclic) bond motifs is 1. The van der Waals surface area contributed by atoms with Gasteiger partial charge in [-0.3, -0.25) is 9.20 Å². The molecule has 0 saturated carbocycles. The molecule has 4 rings (SSSR count). The van der Waals surface area contributed by atoms with Crippen LogP contribution in [0.15, 0.2) is 59.6 Å². The van der Waals surface area contributed by atoms with E-state index < -0.39 is 15.7 Å². The van der Waals surface area contributed by atoms with Crippen LogP contribution in [0.2, 0.25) is 15.1 Å². The Morgan fingerprint density at radius 2 is 1.74 bits per heavy atom. The van der Waals surface area contributed by atoms with Crippen LogP contribution < -0.4 is 5.32 Å². The zero-order valence-electron chi connectivity index (χ0n) is 15.8. The fourth-order valence-electron chi connectivity index (χ4n) is 2.95. The van der Waals surface area contributed by atoms with E-state index in [0.717, 1.165) is 6.26 Å². The molecule has 0 unspecified atom stereocenters. The molecule has 2 aromatic heterocycles. The molecule has 0 saturated heterocycles. The lowest BCUT2D eigenvalue weighted by Crippen LogP contribution is -2.13. The van der Waals surface area contributed by atoms with Gasteiger partial charge in [-0.25, -0.2) is 8.42 Å². The number of nitrogens with zero attached hydrogens (tertiary/aromatic N) is 3. The lowest BCUT2D eigenvalue weighted by atomic mass is 10.1. The third kappa shape index (κ3) is 4.24. The van der Waals surface area contributed by atoms with Gasteiger partial charge in [-0.1, -0.05) is 34.8 Å². The molecule has 1 amide bonds. The Morgan fingerprint density at radius 1 is 0.968 bits per heavy atom. The summed E-state index contributed by atoms with van der Waals surface area (Å²) in [6.07, 6.45) is 2.82. The molecule has 0 fully saturated rings. The van der Waals surface area contributed by atoms with Crippen LogP contribution in [0.4, 0.5) is 5.69 Å². The topological polar surface area (TPSA) is 93.4 Å². The second-order valence-corrected chi connectivity index (χ2v) is 9.87. The van der Waals surface area contributed by atoms with E-state index in [2.05, 4.69) is 15.5 Å². The van der Waals surface area contributed by atoms with E-state index in [0.29, 0.717) is 32.8 Å². The van der Waals surface area contributed by atoms with Crippen LogP contribution >= 0.6 is 34.8 Å². The number of benzene rings is 2. The molecule has 0 bridgehead atoms. The van der Waals surface area contributed by atoms with Gasteiger partial charge in [0.15, 0.2) is 21.3 Å². The van der Waals surface area contributed by atoms with Crippen molar-refractivity contribution in [3.63, 3.8) is 0 Å². The molecule has 0 aliphatic carbocycles. The highest BCUT2D eigenvalue weighted by Gasteiger charge is 2.17. The predicted molar refractivity (Wildman–Crippen MR) is 121 cm³/mol. The standard InChI is InChI=1S/C20H13Cl3N4O3S/c1-31(29,30)12-5-6-13(17(23)10-12)20(28)24-11-4-7-15(21)14(9-11)18-25-26-19-16(22)3-2-8-27(18)19/h2-10H,1H3,(H,24,28). The van der Waals surface area contributed by atoms with Crippen molar-refractivity contribution in [2.45, 2.75) is 4.90 Å². The first-order valence-corrected chi connectivity index (χ1v) is 11.8. The molecule has 2 heterocycles. The van der Waals surface area contributed by atoms with E-state index in [1.165, 1.54) is 18.2 Å². The van der Waals surface area contributed by atoms with Gasteiger partial charge in [-0.2, -0.15) is 0 Å². The molecule has 0 aliphatic rings. The lowest BCUT2D eigenvalue weighted by molar-refractivity contribution is 0.102. The number of sulfone groups is 1. The summed E-state index contributed by atoms with van der Waals surface area (Å²) in [6.45, 7) is 0. The third-order valence-corrected chi connectivity index (χ3v) is 6.51. The first kappa shape index (κ1) is 21.6.